The molecule has 0 atom stereocenters. The molecule has 38 heavy (non-hydrogen) atoms. The van der Waals surface area contributed by atoms with Crippen LogP contribution in [0.15, 0.2) is 131 Å². The summed E-state index contributed by atoms with van der Waals surface area (Å²) in [6.45, 7) is 0. The van der Waals surface area contributed by atoms with Gasteiger partial charge in [0.05, 0.1) is 15.7 Å². The Morgan fingerprint density at radius 1 is 0.684 bits per heavy atom. The van der Waals surface area contributed by atoms with E-state index in [4.69, 9.17) is 15.2 Å². The molecule has 4 aromatic carbocycles. The van der Waals surface area contributed by atoms with Crippen LogP contribution in [0.25, 0.3) is 0 Å². The van der Waals surface area contributed by atoms with E-state index in [1.165, 1.54) is 24.3 Å². The van der Waals surface area contributed by atoms with E-state index in [1.807, 2.05) is 24.3 Å². The number of allylic oxidation sites excluding steroid dienone is 2. The molecule has 8 heteroatoms. The number of carbonyl (C=O) groups is 1. The predicted octanol–water partition coefficient (Wildman–Crippen LogP) is 6.37. The number of carbonyl (C=O) groups excluding carboxylic acids is 1. The fraction of sp³-hybridized carbons (Fsp3) is 0.0333. The number of nitrogens with one attached hydrogen (secondary N) is 1. The molecule has 0 radical (unpaired) electrons. The van der Waals surface area contributed by atoms with Gasteiger partial charge in [-0.2, -0.15) is 0 Å². The molecule has 1 aliphatic rings. The molecule has 0 bridgehead atoms. The van der Waals surface area contributed by atoms with Gasteiger partial charge in [-0.25, -0.2) is 8.42 Å². The third-order valence-electron chi connectivity index (χ3n) is 5.75. The topological polar surface area (TPSA) is 108 Å². The van der Waals surface area contributed by atoms with Gasteiger partial charge in [0.25, 0.3) is 0 Å². The van der Waals surface area contributed by atoms with Crippen LogP contribution in [-0.4, -0.2) is 14.3 Å². The van der Waals surface area contributed by atoms with Crippen LogP contribution in [0.3, 0.4) is 0 Å². The lowest BCUT2D eigenvalue weighted by Gasteiger charge is -2.11. The van der Waals surface area contributed by atoms with Gasteiger partial charge in [0.15, 0.2) is 0 Å². The van der Waals surface area contributed by atoms with Gasteiger partial charge in [-0.1, -0.05) is 36.4 Å². The summed E-state index contributed by atoms with van der Waals surface area (Å²) in [6, 6.07) is 26.3. The van der Waals surface area contributed by atoms with Crippen LogP contribution in [-0.2, 0) is 14.6 Å². The molecule has 7 nitrogen and oxygen atoms in total. The second-order valence-corrected chi connectivity index (χ2v) is 10.5. The maximum absolute atomic E-state index is 13.1. The number of sulfone groups is 1. The first-order valence-electron chi connectivity index (χ1n) is 11.8. The summed E-state index contributed by atoms with van der Waals surface area (Å²) in [5.74, 6) is 1.60. The number of benzene rings is 4. The minimum Gasteiger partial charge on any atom is -0.457 e. The first kappa shape index (κ1) is 24.9. The van der Waals surface area contributed by atoms with E-state index in [2.05, 4.69) is 5.32 Å². The van der Waals surface area contributed by atoms with Crippen LogP contribution < -0.4 is 20.5 Å². The zero-order chi connectivity index (χ0) is 26.5. The lowest BCUT2D eigenvalue weighted by molar-refractivity contribution is -0.117. The van der Waals surface area contributed by atoms with Crippen molar-refractivity contribution in [2.45, 2.75) is 9.79 Å². The summed E-state index contributed by atoms with van der Waals surface area (Å²) in [6.07, 6.45) is 7.30. The smallest absolute Gasteiger partial charge is 0.235 e. The maximum atomic E-state index is 13.1. The Hall–Kier alpha value is -4.82. The highest BCUT2D eigenvalue weighted by Crippen LogP contribution is 2.29. The van der Waals surface area contributed by atoms with Gasteiger partial charge in [-0.15, -0.1) is 0 Å². The van der Waals surface area contributed by atoms with Gasteiger partial charge >= 0.3 is 0 Å². The van der Waals surface area contributed by atoms with Crippen LogP contribution in [0.2, 0.25) is 0 Å². The first-order chi connectivity index (χ1) is 18.4. The summed E-state index contributed by atoms with van der Waals surface area (Å²) < 4.78 is 37.9. The highest BCUT2D eigenvalue weighted by molar-refractivity contribution is 7.91. The SMILES string of the molecule is Nc1cccc(Oc2ccc(S(=O)(=O)c3ccc(Oc4cccc(NC(=O)C5C=CC=C5)c4)cc3)cc2)c1. The van der Waals surface area contributed by atoms with E-state index < -0.39 is 9.84 Å². The van der Waals surface area contributed by atoms with Gasteiger partial charge < -0.3 is 20.5 Å². The minimum atomic E-state index is -3.74. The molecule has 0 unspecified atom stereocenters. The Balaban J connectivity index is 1.25. The molecule has 0 aliphatic heterocycles. The van der Waals surface area contributed by atoms with Crippen molar-refractivity contribution in [3.63, 3.8) is 0 Å². The number of anilines is 2. The second kappa shape index (κ2) is 10.7. The van der Waals surface area contributed by atoms with Crippen LogP contribution >= 0.6 is 0 Å². The molecular formula is C30H24N2O5S. The Labute approximate surface area is 220 Å². The average molecular weight is 525 g/mol. The minimum absolute atomic E-state index is 0.132. The number of hydrogen-bond donors (Lipinski definition) is 2. The summed E-state index contributed by atoms with van der Waals surface area (Å²) in [7, 11) is -3.74. The van der Waals surface area contributed by atoms with Crippen molar-refractivity contribution in [1.82, 2.24) is 0 Å². The standard InChI is InChI=1S/C30H24N2O5S/c31-22-7-3-9-26(19-22)36-24-11-15-28(16-12-24)38(34,35)29-17-13-25(14-18-29)37-27-10-4-8-23(20-27)32-30(33)21-5-1-2-6-21/h1-21H,31H2,(H,32,33). The van der Waals surface area contributed by atoms with E-state index in [1.54, 1.807) is 72.8 Å². The molecule has 3 N–H and O–H groups in total. The lowest BCUT2D eigenvalue weighted by Crippen LogP contribution is -2.18. The van der Waals surface area contributed by atoms with Crippen LogP contribution in [0.4, 0.5) is 11.4 Å². The van der Waals surface area contributed by atoms with Crippen molar-refractivity contribution in [3.05, 3.63) is 121 Å². The fourth-order valence-corrected chi connectivity index (χ4v) is 5.09. The number of ether oxygens (including phenoxy) is 2. The summed E-state index contributed by atoms with van der Waals surface area (Å²) in [5, 5.41) is 2.86. The van der Waals surface area contributed by atoms with Crippen molar-refractivity contribution >= 4 is 27.1 Å². The molecule has 0 heterocycles. The Bertz CT molecular complexity index is 1610. The van der Waals surface area contributed by atoms with Crippen LogP contribution in [0, 0.1) is 5.92 Å². The Morgan fingerprint density at radius 2 is 1.21 bits per heavy atom. The van der Waals surface area contributed by atoms with Crippen molar-refractivity contribution in [2.75, 3.05) is 11.1 Å². The maximum Gasteiger partial charge on any atom is 0.235 e. The normalized spacial score (nSPS) is 12.8. The molecule has 4 aromatic rings. The Kier molecular flexibility index (Phi) is 6.97. The van der Waals surface area contributed by atoms with Crippen molar-refractivity contribution in [2.24, 2.45) is 5.92 Å². The number of hydrogen-bond acceptors (Lipinski definition) is 6. The van der Waals surface area contributed by atoms with Crippen LogP contribution in [0.1, 0.15) is 0 Å². The van der Waals surface area contributed by atoms with E-state index in [0.717, 1.165) is 0 Å². The Morgan fingerprint density at radius 3 is 1.76 bits per heavy atom. The molecule has 0 saturated carbocycles. The van der Waals surface area contributed by atoms with Crippen LogP contribution in [0.5, 0.6) is 23.0 Å². The highest BCUT2D eigenvalue weighted by atomic mass is 32.2. The van der Waals surface area contributed by atoms with E-state index in [9.17, 15) is 13.2 Å². The molecule has 5 rings (SSSR count). The quantitative estimate of drug-likeness (QED) is 0.260. The molecule has 0 aromatic heterocycles. The monoisotopic (exact) mass is 524 g/mol. The van der Waals surface area contributed by atoms with Crippen molar-refractivity contribution < 1.29 is 22.7 Å². The van der Waals surface area contributed by atoms with E-state index >= 15 is 0 Å². The third kappa shape index (κ3) is 5.77. The molecule has 190 valence electrons. The second-order valence-electron chi connectivity index (χ2n) is 8.54. The predicted molar refractivity (Wildman–Crippen MR) is 146 cm³/mol. The summed E-state index contributed by atoms with van der Waals surface area (Å²) >= 11 is 0. The highest BCUT2D eigenvalue weighted by Gasteiger charge is 2.18. The average Bonchev–Trinajstić information content (AvgIpc) is 3.45. The number of rotatable bonds is 8. The molecule has 1 aliphatic carbocycles. The molecule has 0 saturated heterocycles. The van der Waals surface area contributed by atoms with Crippen molar-refractivity contribution in [3.8, 4) is 23.0 Å². The van der Waals surface area contributed by atoms with E-state index in [0.29, 0.717) is 34.4 Å². The number of nitrogens with two attached hydrogens (primary N) is 1. The first-order valence-corrected chi connectivity index (χ1v) is 13.3. The van der Waals surface area contributed by atoms with Gasteiger partial charge in [0, 0.05) is 23.5 Å². The lowest BCUT2D eigenvalue weighted by atomic mass is 10.1. The number of nitrogen functional groups attached to an aromatic ring is 1. The van der Waals surface area contributed by atoms with Gasteiger partial charge in [0.1, 0.15) is 23.0 Å². The zero-order valence-electron chi connectivity index (χ0n) is 20.2. The van der Waals surface area contributed by atoms with Gasteiger partial charge in [0.2, 0.25) is 15.7 Å². The largest absolute Gasteiger partial charge is 0.457 e. The van der Waals surface area contributed by atoms with E-state index in [-0.39, 0.29) is 21.6 Å². The molecule has 0 spiro atoms. The third-order valence-corrected chi connectivity index (χ3v) is 7.54. The zero-order valence-corrected chi connectivity index (χ0v) is 21.0. The summed E-state index contributed by atoms with van der Waals surface area (Å²) in [4.78, 5) is 12.6. The van der Waals surface area contributed by atoms with Gasteiger partial charge in [-0.05, 0) is 72.8 Å². The van der Waals surface area contributed by atoms with Crippen molar-refractivity contribution in [1.29, 1.82) is 0 Å². The van der Waals surface area contributed by atoms with Gasteiger partial charge in [-0.3, -0.25) is 4.79 Å². The fourth-order valence-electron chi connectivity index (χ4n) is 3.83. The summed E-state index contributed by atoms with van der Waals surface area (Å²) in [5.41, 5.74) is 6.94. The number of amides is 1. The molecule has 1 amide bonds. The molecular weight excluding hydrogens is 500 g/mol. The molecule has 0 fully saturated rings.